The van der Waals surface area contributed by atoms with Gasteiger partial charge in [-0.05, 0) is 18.1 Å². The first-order valence-corrected chi connectivity index (χ1v) is 4.05. The van der Waals surface area contributed by atoms with Crippen molar-refractivity contribution in [2.45, 2.75) is 12.5 Å². The summed E-state index contributed by atoms with van der Waals surface area (Å²) < 4.78 is 0. The molecule has 0 fully saturated rings. The third-order valence-corrected chi connectivity index (χ3v) is 2.13. The minimum Gasteiger partial charge on any atom is -0.508 e. The average Bonchev–Trinajstić information content (AvgIpc) is 2.08. The lowest BCUT2D eigenvalue weighted by Crippen LogP contribution is -2.40. The van der Waals surface area contributed by atoms with Crippen LogP contribution in [0.4, 0.5) is 5.69 Å². The van der Waals surface area contributed by atoms with E-state index in [-0.39, 0.29) is 11.7 Å². The molecule has 0 radical (unpaired) electrons. The molecule has 68 valence electrons. The summed E-state index contributed by atoms with van der Waals surface area (Å²) in [6, 6.07) is 4.41. The molecule has 4 nitrogen and oxygen atoms in total. The van der Waals surface area contributed by atoms with Gasteiger partial charge in [0.15, 0.2) is 0 Å². The summed E-state index contributed by atoms with van der Waals surface area (Å²) in [7, 11) is 0. The molecule has 13 heavy (non-hydrogen) atoms. The Morgan fingerprint density at radius 2 is 2.31 bits per heavy atom. The van der Waals surface area contributed by atoms with Gasteiger partial charge in [-0.1, -0.05) is 6.07 Å². The normalized spacial score (nSPS) is 20.7. The van der Waals surface area contributed by atoms with Crippen molar-refractivity contribution in [1.82, 2.24) is 0 Å². The average molecular weight is 178 g/mol. The fourth-order valence-electron chi connectivity index (χ4n) is 1.41. The summed E-state index contributed by atoms with van der Waals surface area (Å²) in [5.74, 6) is -0.0485. The van der Waals surface area contributed by atoms with Crippen molar-refractivity contribution in [2.75, 3.05) is 5.32 Å². The van der Waals surface area contributed by atoms with Crippen molar-refractivity contribution in [3.05, 3.63) is 23.8 Å². The van der Waals surface area contributed by atoms with Gasteiger partial charge in [0.05, 0.1) is 6.04 Å². The summed E-state index contributed by atoms with van der Waals surface area (Å²) in [4.78, 5) is 11.2. The number of anilines is 1. The number of hydrogen-bond acceptors (Lipinski definition) is 3. The van der Waals surface area contributed by atoms with Crippen molar-refractivity contribution in [3.8, 4) is 5.75 Å². The molecular weight excluding hydrogens is 168 g/mol. The summed E-state index contributed by atoms with van der Waals surface area (Å²) in [5.41, 5.74) is 7.18. The lowest BCUT2D eigenvalue weighted by Gasteiger charge is -2.21. The smallest absolute Gasteiger partial charge is 0.241 e. The SMILES string of the molecule is NC1Cc2ccc(O)cc2NC1=O. The maximum atomic E-state index is 11.2. The zero-order valence-corrected chi connectivity index (χ0v) is 6.95. The van der Waals surface area contributed by atoms with E-state index in [2.05, 4.69) is 5.32 Å². The Labute approximate surface area is 75.4 Å². The van der Waals surface area contributed by atoms with E-state index in [0.29, 0.717) is 12.1 Å². The fraction of sp³-hybridized carbons (Fsp3) is 0.222. The van der Waals surface area contributed by atoms with Crippen LogP contribution in [0.5, 0.6) is 5.75 Å². The van der Waals surface area contributed by atoms with E-state index in [1.807, 2.05) is 0 Å². The highest BCUT2D eigenvalue weighted by atomic mass is 16.3. The summed E-state index contributed by atoms with van der Waals surface area (Å²) >= 11 is 0. The molecule has 1 unspecified atom stereocenters. The van der Waals surface area contributed by atoms with Crippen LogP contribution >= 0.6 is 0 Å². The molecule has 2 rings (SSSR count). The van der Waals surface area contributed by atoms with Gasteiger partial charge in [0, 0.05) is 11.8 Å². The Balaban J connectivity index is 2.42. The molecule has 1 atom stereocenters. The van der Waals surface area contributed by atoms with Crippen LogP contribution in [-0.4, -0.2) is 17.1 Å². The molecule has 1 heterocycles. The second-order valence-electron chi connectivity index (χ2n) is 3.14. The van der Waals surface area contributed by atoms with Gasteiger partial charge in [-0.15, -0.1) is 0 Å². The third-order valence-electron chi connectivity index (χ3n) is 2.13. The number of rotatable bonds is 0. The van der Waals surface area contributed by atoms with Crippen molar-refractivity contribution >= 4 is 11.6 Å². The number of carbonyl (C=O) groups is 1. The number of phenolic OH excluding ortho intramolecular Hbond substituents is 1. The lowest BCUT2D eigenvalue weighted by molar-refractivity contribution is -0.117. The highest BCUT2D eigenvalue weighted by Gasteiger charge is 2.22. The summed E-state index contributed by atoms with van der Waals surface area (Å²) in [6.45, 7) is 0. The van der Waals surface area contributed by atoms with E-state index in [1.165, 1.54) is 6.07 Å². The number of aromatic hydroxyl groups is 1. The highest BCUT2D eigenvalue weighted by Crippen LogP contribution is 2.25. The standard InChI is InChI=1S/C9H10N2O2/c10-7-3-5-1-2-6(12)4-8(5)11-9(7)13/h1-2,4,7,12H,3,10H2,(H,11,13). The molecule has 1 amide bonds. The first-order chi connectivity index (χ1) is 6.16. The van der Waals surface area contributed by atoms with Crippen LogP contribution in [-0.2, 0) is 11.2 Å². The molecule has 0 saturated heterocycles. The van der Waals surface area contributed by atoms with Crippen LogP contribution in [0.1, 0.15) is 5.56 Å². The summed E-state index contributed by atoms with van der Waals surface area (Å²) in [6.07, 6.45) is 0.529. The van der Waals surface area contributed by atoms with E-state index < -0.39 is 6.04 Å². The van der Waals surface area contributed by atoms with Crippen molar-refractivity contribution in [1.29, 1.82) is 0 Å². The molecule has 1 aliphatic rings. The number of amides is 1. The molecule has 4 N–H and O–H groups in total. The van der Waals surface area contributed by atoms with Gasteiger partial charge in [-0.25, -0.2) is 0 Å². The second-order valence-corrected chi connectivity index (χ2v) is 3.14. The molecule has 0 spiro atoms. The summed E-state index contributed by atoms with van der Waals surface area (Å²) in [5, 5.41) is 11.8. The number of benzene rings is 1. The predicted molar refractivity (Wildman–Crippen MR) is 48.4 cm³/mol. The van der Waals surface area contributed by atoms with E-state index in [0.717, 1.165) is 5.56 Å². The highest BCUT2D eigenvalue weighted by molar-refractivity contribution is 5.98. The van der Waals surface area contributed by atoms with E-state index in [9.17, 15) is 4.79 Å². The maximum absolute atomic E-state index is 11.2. The van der Waals surface area contributed by atoms with Gasteiger partial charge >= 0.3 is 0 Å². The van der Waals surface area contributed by atoms with Crippen LogP contribution in [0.3, 0.4) is 0 Å². The van der Waals surface area contributed by atoms with Gasteiger partial charge in [0.1, 0.15) is 5.75 Å². The van der Waals surface area contributed by atoms with E-state index >= 15 is 0 Å². The fourth-order valence-corrected chi connectivity index (χ4v) is 1.41. The van der Waals surface area contributed by atoms with Crippen LogP contribution < -0.4 is 11.1 Å². The van der Waals surface area contributed by atoms with Gasteiger partial charge in [-0.3, -0.25) is 4.79 Å². The van der Waals surface area contributed by atoms with Gasteiger partial charge in [0.25, 0.3) is 0 Å². The minimum absolute atomic E-state index is 0.148. The molecule has 0 saturated carbocycles. The van der Waals surface area contributed by atoms with E-state index in [1.54, 1.807) is 12.1 Å². The third kappa shape index (κ3) is 1.36. The van der Waals surface area contributed by atoms with Gasteiger partial charge in [-0.2, -0.15) is 0 Å². The van der Waals surface area contributed by atoms with Crippen LogP contribution in [0.15, 0.2) is 18.2 Å². The van der Waals surface area contributed by atoms with Crippen LogP contribution in [0, 0.1) is 0 Å². The van der Waals surface area contributed by atoms with Crippen LogP contribution in [0.25, 0.3) is 0 Å². The first-order valence-electron chi connectivity index (χ1n) is 4.05. The monoisotopic (exact) mass is 178 g/mol. The Morgan fingerprint density at radius 3 is 3.08 bits per heavy atom. The predicted octanol–water partition coefficient (Wildman–Crippen LogP) is 0.214. The molecule has 4 heteroatoms. The molecule has 1 aliphatic heterocycles. The largest absolute Gasteiger partial charge is 0.508 e. The molecule has 0 bridgehead atoms. The van der Waals surface area contributed by atoms with Crippen molar-refractivity contribution in [3.63, 3.8) is 0 Å². The van der Waals surface area contributed by atoms with Crippen molar-refractivity contribution in [2.24, 2.45) is 5.73 Å². The molecule has 0 aromatic heterocycles. The van der Waals surface area contributed by atoms with E-state index in [4.69, 9.17) is 10.8 Å². The number of nitrogens with two attached hydrogens (primary N) is 1. The Kier molecular flexibility index (Phi) is 1.70. The number of carbonyl (C=O) groups excluding carboxylic acids is 1. The molecule has 0 aliphatic carbocycles. The molecule has 1 aromatic rings. The van der Waals surface area contributed by atoms with Gasteiger partial charge < -0.3 is 16.2 Å². The zero-order valence-electron chi connectivity index (χ0n) is 6.95. The Bertz CT molecular complexity index is 363. The first kappa shape index (κ1) is 8.07. The number of nitrogens with one attached hydrogen (secondary N) is 1. The Hall–Kier alpha value is -1.55. The number of phenols is 1. The quantitative estimate of drug-likeness (QED) is 0.531. The minimum atomic E-state index is -0.475. The maximum Gasteiger partial charge on any atom is 0.241 e. The van der Waals surface area contributed by atoms with Gasteiger partial charge in [0.2, 0.25) is 5.91 Å². The topological polar surface area (TPSA) is 75.3 Å². The molecule has 1 aromatic carbocycles. The molecular formula is C9H10N2O2. The lowest BCUT2D eigenvalue weighted by atomic mass is 9.99. The second kappa shape index (κ2) is 2.74. The van der Waals surface area contributed by atoms with Crippen LogP contribution in [0.2, 0.25) is 0 Å². The zero-order chi connectivity index (χ0) is 9.42. The number of hydrogen-bond donors (Lipinski definition) is 3. The Morgan fingerprint density at radius 1 is 1.54 bits per heavy atom. The van der Waals surface area contributed by atoms with Crippen molar-refractivity contribution < 1.29 is 9.90 Å². The number of fused-ring (bicyclic) bond motifs is 1.